The minimum atomic E-state index is -0.117. The van der Waals surface area contributed by atoms with E-state index in [1.165, 1.54) is 7.11 Å². The summed E-state index contributed by atoms with van der Waals surface area (Å²) >= 11 is 2.13. The van der Waals surface area contributed by atoms with Crippen molar-refractivity contribution in [2.45, 2.75) is 6.42 Å². The number of methoxy groups -OCH3 is 1. The van der Waals surface area contributed by atoms with E-state index >= 15 is 0 Å². The summed E-state index contributed by atoms with van der Waals surface area (Å²) in [6.07, 6.45) is 2.63. The van der Waals surface area contributed by atoms with Crippen LogP contribution in [0.5, 0.6) is 11.5 Å². The first kappa shape index (κ1) is 14.4. The van der Waals surface area contributed by atoms with Gasteiger partial charge in [0.1, 0.15) is 0 Å². The molecule has 0 spiro atoms. The van der Waals surface area contributed by atoms with Gasteiger partial charge in [0.15, 0.2) is 11.5 Å². The van der Waals surface area contributed by atoms with Gasteiger partial charge >= 0.3 is 0 Å². The van der Waals surface area contributed by atoms with Crippen LogP contribution in [0, 0.1) is 0 Å². The summed E-state index contributed by atoms with van der Waals surface area (Å²) in [7, 11) is 1.47. The average molecular weight is 420 g/mol. The Labute approximate surface area is 147 Å². The molecule has 0 unspecified atom stereocenters. The van der Waals surface area contributed by atoms with Gasteiger partial charge in [0.25, 0.3) is 5.91 Å². The standard InChI is InChI=1S/C17H13IN2O3/c1-23-16-7-12-14(8-15(16)21)19(18)9-11-6-10-4-2-3-5-13(10)20(11)17(12)22/h2-5,7-9,21H,6H2,1H3. The molecule has 2 aromatic rings. The normalized spacial score (nSPS) is 15.6. The zero-order chi connectivity index (χ0) is 16.1. The summed E-state index contributed by atoms with van der Waals surface area (Å²) in [6.45, 7) is 0. The number of para-hydroxylation sites is 1. The highest BCUT2D eigenvalue weighted by Gasteiger charge is 2.35. The van der Waals surface area contributed by atoms with Gasteiger partial charge in [-0.2, -0.15) is 0 Å². The van der Waals surface area contributed by atoms with Crippen molar-refractivity contribution < 1.29 is 14.6 Å². The lowest BCUT2D eigenvalue weighted by Gasteiger charge is -2.18. The number of ether oxygens (including phenoxy) is 1. The molecule has 1 amide bonds. The Kier molecular flexibility index (Phi) is 3.22. The Morgan fingerprint density at radius 2 is 2.00 bits per heavy atom. The van der Waals surface area contributed by atoms with E-state index < -0.39 is 0 Å². The van der Waals surface area contributed by atoms with Crippen LogP contribution in [0.1, 0.15) is 15.9 Å². The van der Waals surface area contributed by atoms with Gasteiger partial charge in [-0.15, -0.1) is 0 Å². The molecule has 0 atom stereocenters. The summed E-state index contributed by atoms with van der Waals surface area (Å²) in [5, 5.41) is 10.0. The third-order valence-electron chi connectivity index (χ3n) is 4.11. The zero-order valence-corrected chi connectivity index (χ0v) is 14.4. The predicted molar refractivity (Wildman–Crippen MR) is 96.2 cm³/mol. The van der Waals surface area contributed by atoms with Crippen LogP contribution in [-0.2, 0) is 6.42 Å². The van der Waals surface area contributed by atoms with E-state index in [4.69, 9.17) is 4.74 Å². The van der Waals surface area contributed by atoms with Crippen LogP contribution < -0.4 is 12.8 Å². The number of fused-ring (bicyclic) bond motifs is 4. The number of amides is 1. The molecule has 4 rings (SSSR count). The Hall–Kier alpha value is -2.22. The summed E-state index contributed by atoms with van der Waals surface area (Å²) < 4.78 is 7.00. The fourth-order valence-electron chi connectivity index (χ4n) is 3.04. The molecule has 0 bridgehead atoms. The number of aromatic hydroxyl groups is 1. The molecular weight excluding hydrogens is 407 g/mol. The second-order valence-electron chi connectivity index (χ2n) is 5.42. The largest absolute Gasteiger partial charge is 0.504 e. The monoisotopic (exact) mass is 420 g/mol. The lowest BCUT2D eigenvalue weighted by atomic mass is 10.1. The maximum absolute atomic E-state index is 13.1. The van der Waals surface area contributed by atoms with E-state index in [-0.39, 0.29) is 17.4 Å². The Morgan fingerprint density at radius 1 is 1.22 bits per heavy atom. The van der Waals surface area contributed by atoms with Crippen LogP contribution >= 0.6 is 22.9 Å². The zero-order valence-electron chi connectivity index (χ0n) is 12.3. The molecule has 2 aliphatic rings. The molecule has 0 saturated carbocycles. The van der Waals surface area contributed by atoms with Crippen LogP contribution in [0.15, 0.2) is 48.3 Å². The minimum Gasteiger partial charge on any atom is -0.504 e. The second kappa shape index (κ2) is 5.16. The number of halogens is 1. The van der Waals surface area contributed by atoms with E-state index in [1.54, 1.807) is 17.0 Å². The van der Waals surface area contributed by atoms with Crippen LogP contribution in [0.3, 0.4) is 0 Å². The number of rotatable bonds is 1. The van der Waals surface area contributed by atoms with Crippen molar-refractivity contribution >= 4 is 40.1 Å². The van der Waals surface area contributed by atoms with E-state index in [0.717, 1.165) is 16.9 Å². The number of anilines is 2. The quantitative estimate of drug-likeness (QED) is 0.566. The molecule has 2 aliphatic heterocycles. The maximum atomic E-state index is 13.1. The number of phenolic OH excluding ortho intramolecular Hbond substituents is 1. The van der Waals surface area contributed by atoms with E-state index in [0.29, 0.717) is 17.7 Å². The molecular formula is C17H13IN2O3. The van der Waals surface area contributed by atoms with Gasteiger partial charge in [0.05, 0.1) is 46.9 Å². The number of hydrogen-bond acceptors (Lipinski definition) is 4. The fourth-order valence-corrected chi connectivity index (χ4v) is 3.76. The van der Waals surface area contributed by atoms with Crippen LogP contribution in [0.2, 0.25) is 0 Å². The Bertz CT molecular complexity index is 863. The van der Waals surface area contributed by atoms with Crippen molar-refractivity contribution in [2.75, 3.05) is 15.1 Å². The van der Waals surface area contributed by atoms with Crippen molar-refractivity contribution in [3.05, 3.63) is 59.4 Å². The lowest BCUT2D eigenvalue weighted by Crippen LogP contribution is -2.26. The molecule has 0 radical (unpaired) electrons. The number of nitrogens with zero attached hydrogens (tertiary/aromatic N) is 2. The number of hydrogen-bond donors (Lipinski definition) is 1. The number of carbonyl (C=O) groups excluding carboxylic acids is 1. The molecule has 0 aliphatic carbocycles. The van der Waals surface area contributed by atoms with E-state index in [2.05, 4.69) is 22.9 Å². The van der Waals surface area contributed by atoms with Crippen LogP contribution in [-0.4, -0.2) is 18.1 Å². The molecule has 0 fully saturated rings. The molecule has 0 aromatic heterocycles. The number of phenols is 1. The maximum Gasteiger partial charge on any atom is 0.264 e. The van der Waals surface area contributed by atoms with Crippen LogP contribution in [0.4, 0.5) is 11.4 Å². The molecule has 116 valence electrons. The molecule has 2 heterocycles. The molecule has 2 aromatic carbocycles. The summed E-state index contributed by atoms with van der Waals surface area (Å²) in [6, 6.07) is 11.1. The highest BCUT2D eigenvalue weighted by atomic mass is 127. The molecule has 5 nitrogen and oxygen atoms in total. The van der Waals surface area contributed by atoms with Crippen molar-refractivity contribution in [1.82, 2.24) is 0 Å². The summed E-state index contributed by atoms with van der Waals surface area (Å²) in [5.41, 5.74) is 4.10. The third kappa shape index (κ3) is 2.08. The second-order valence-corrected chi connectivity index (χ2v) is 6.46. The number of benzene rings is 2. The first-order valence-corrected chi connectivity index (χ1v) is 8.05. The van der Waals surface area contributed by atoms with Crippen molar-refractivity contribution in [3.63, 3.8) is 0 Å². The van der Waals surface area contributed by atoms with Gasteiger partial charge in [0, 0.05) is 24.4 Å². The topological polar surface area (TPSA) is 53.0 Å². The highest BCUT2D eigenvalue weighted by Crippen LogP contribution is 2.43. The van der Waals surface area contributed by atoms with Gasteiger partial charge in [-0.25, -0.2) is 0 Å². The summed E-state index contributed by atoms with van der Waals surface area (Å²) in [5.74, 6) is 0.188. The molecule has 1 N–H and O–H groups in total. The van der Waals surface area contributed by atoms with E-state index in [9.17, 15) is 9.90 Å². The Balaban J connectivity index is 1.93. The van der Waals surface area contributed by atoms with Gasteiger partial charge in [-0.1, -0.05) is 18.2 Å². The smallest absolute Gasteiger partial charge is 0.264 e. The first-order valence-electron chi connectivity index (χ1n) is 7.09. The number of allylic oxidation sites excluding steroid dienone is 1. The van der Waals surface area contributed by atoms with Crippen LogP contribution in [0.25, 0.3) is 0 Å². The lowest BCUT2D eigenvalue weighted by molar-refractivity contribution is 0.0997. The molecule has 6 heteroatoms. The van der Waals surface area contributed by atoms with Gasteiger partial charge in [0.2, 0.25) is 0 Å². The molecule has 0 saturated heterocycles. The minimum absolute atomic E-state index is 0.0153. The predicted octanol–water partition coefficient (Wildman–Crippen LogP) is 3.62. The Morgan fingerprint density at radius 3 is 2.78 bits per heavy atom. The van der Waals surface area contributed by atoms with Crippen molar-refractivity contribution in [3.8, 4) is 11.5 Å². The molecule has 23 heavy (non-hydrogen) atoms. The third-order valence-corrected chi connectivity index (χ3v) is 4.91. The van der Waals surface area contributed by atoms with Gasteiger partial charge in [-0.3, -0.25) is 12.8 Å². The van der Waals surface area contributed by atoms with Gasteiger partial charge < -0.3 is 9.84 Å². The highest BCUT2D eigenvalue weighted by molar-refractivity contribution is 14.1. The SMILES string of the molecule is COc1cc2c(cc1O)N(I)C=C1Cc3ccccc3N1C2=O. The van der Waals surface area contributed by atoms with Crippen molar-refractivity contribution in [1.29, 1.82) is 0 Å². The summed E-state index contributed by atoms with van der Waals surface area (Å²) in [4.78, 5) is 14.9. The number of carbonyl (C=O) groups is 1. The van der Waals surface area contributed by atoms with Crippen molar-refractivity contribution in [2.24, 2.45) is 0 Å². The van der Waals surface area contributed by atoms with Gasteiger partial charge in [-0.05, 0) is 17.7 Å². The van der Waals surface area contributed by atoms with E-state index in [1.807, 2.05) is 33.6 Å². The average Bonchev–Trinajstić information content (AvgIpc) is 2.87. The fraction of sp³-hybridized carbons (Fsp3) is 0.118. The first-order chi connectivity index (χ1) is 11.1.